The van der Waals surface area contributed by atoms with Gasteiger partial charge in [0.1, 0.15) is 23.9 Å². The van der Waals surface area contributed by atoms with E-state index in [4.69, 9.17) is 14.9 Å². The van der Waals surface area contributed by atoms with Crippen molar-refractivity contribution >= 4 is 14.1 Å². The van der Waals surface area contributed by atoms with E-state index in [9.17, 15) is 15.2 Å². The lowest BCUT2D eigenvalue weighted by molar-refractivity contribution is -0.0447. The summed E-state index contributed by atoms with van der Waals surface area (Å²) < 4.78 is 13.3. The Kier molecular flexibility index (Phi) is 6.16. The minimum Gasteiger partial charge on any atom is -0.414 e. The van der Waals surface area contributed by atoms with Gasteiger partial charge in [-0.1, -0.05) is 27.7 Å². The zero-order valence-electron chi connectivity index (χ0n) is 16.8. The van der Waals surface area contributed by atoms with Gasteiger partial charge >= 0.3 is 5.69 Å². The zero-order chi connectivity index (χ0) is 20.6. The van der Waals surface area contributed by atoms with Gasteiger partial charge in [0, 0.05) is 6.20 Å². The maximum atomic E-state index is 12.1. The summed E-state index contributed by atoms with van der Waals surface area (Å²) in [6.07, 6.45) is -1.26. The molecule has 4 atom stereocenters. The number of aliphatic hydroxyl groups is 1. The minimum atomic E-state index is -2.11. The van der Waals surface area contributed by atoms with Gasteiger partial charge in [0.05, 0.1) is 12.7 Å². The summed E-state index contributed by atoms with van der Waals surface area (Å²) in [5.74, 6) is -0.371. The lowest BCUT2D eigenvalue weighted by Crippen LogP contribution is -2.47. The topological polar surface area (TPSA) is 123 Å². The third-order valence-electron chi connectivity index (χ3n) is 6.25. The van der Waals surface area contributed by atoms with Gasteiger partial charge in [0.15, 0.2) is 14.5 Å². The molecule has 27 heavy (non-hydrogen) atoms. The van der Waals surface area contributed by atoms with Crippen LogP contribution in [0.25, 0.3) is 0 Å². The van der Waals surface area contributed by atoms with Crippen LogP contribution in [0.5, 0.6) is 0 Å². The smallest absolute Gasteiger partial charge is 0.351 e. The second kappa shape index (κ2) is 7.71. The number of hydrogen-bond donors (Lipinski definition) is 2. The van der Waals surface area contributed by atoms with Crippen molar-refractivity contribution in [2.45, 2.75) is 64.3 Å². The highest BCUT2D eigenvalue weighted by molar-refractivity contribution is 6.74. The van der Waals surface area contributed by atoms with Crippen molar-refractivity contribution in [2.75, 3.05) is 12.3 Å². The first kappa shape index (κ1) is 21.6. The number of nitriles is 1. The van der Waals surface area contributed by atoms with Crippen LogP contribution in [0.2, 0.25) is 18.1 Å². The van der Waals surface area contributed by atoms with Gasteiger partial charge in [0.2, 0.25) is 0 Å². The minimum absolute atomic E-state index is 0.0163. The van der Waals surface area contributed by atoms with E-state index in [1.807, 2.05) is 6.07 Å². The van der Waals surface area contributed by atoms with Crippen molar-refractivity contribution in [2.24, 2.45) is 11.8 Å². The van der Waals surface area contributed by atoms with Gasteiger partial charge in [-0.3, -0.25) is 4.57 Å². The molecule has 0 unspecified atom stereocenters. The molecule has 2 rings (SSSR count). The molecule has 0 spiro atoms. The zero-order valence-corrected chi connectivity index (χ0v) is 17.8. The predicted molar refractivity (Wildman–Crippen MR) is 104 cm³/mol. The fraction of sp³-hybridized carbons (Fsp3) is 0.722. The highest BCUT2D eigenvalue weighted by atomic mass is 28.4. The molecular formula is C18H30N4O4Si. The van der Waals surface area contributed by atoms with E-state index < -0.39 is 38.4 Å². The van der Waals surface area contributed by atoms with Gasteiger partial charge in [-0.05, 0) is 30.1 Å². The van der Waals surface area contributed by atoms with Gasteiger partial charge in [-0.25, -0.2) is 4.79 Å². The summed E-state index contributed by atoms with van der Waals surface area (Å²) in [7, 11) is -2.11. The van der Waals surface area contributed by atoms with Crippen molar-refractivity contribution in [3.05, 3.63) is 22.7 Å². The van der Waals surface area contributed by atoms with Crippen LogP contribution in [-0.4, -0.2) is 41.8 Å². The van der Waals surface area contributed by atoms with E-state index in [1.165, 1.54) is 16.8 Å². The molecule has 2 heterocycles. The lowest BCUT2D eigenvalue weighted by atomic mass is 9.99. The molecule has 1 aromatic rings. The Bertz CT molecular complexity index is 771. The summed E-state index contributed by atoms with van der Waals surface area (Å²) in [5, 5.41) is 20.1. The number of aromatic nitrogens is 2. The lowest BCUT2D eigenvalue weighted by Gasteiger charge is -2.43. The molecule has 8 nitrogen and oxygen atoms in total. The second-order valence-electron chi connectivity index (χ2n) is 8.45. The number of hydrogen-bond acceptors (Lipinski definition) is 7. The van der Waals surface area contributed by atoms with Gasteiger partial charge < -0.3 is 20.0 Å². The first-order chi connectivity index (χ1) is 12.4. The third-order valence-corrected chi connectivity index (χ3v) is 10.8. The average Bonchev–Trinajstić information content (AvgIpc) is 2.88. The molecule has 0 saturated carbocycles. The predicted octanol–water partition coefficient (Wildman–Crippen LogP) is 1.88. The molecule has 0 aliphatic carbocycles. The molecule has 0 amide bonds. The number of aliphatic hydroxyl groups excluding tert-OH is 1. The molecule has 0 radical (unpaired) electrons. The first-order valence-electron chi connectivity index (χ1n) is 9.14. The normalized spacial score (nSPS) is 26.3. The standard InChI is InChI=1S/C18H30N4O4Si/c1-11(2)18(3,4)27(5,6)25-10-13-15(23)12(9-19)16(26-13)22-8-7-14(20)21-17(22)24/h7-8,11-13,15-16,23H,10H2,1-6H3,(H2,20,21,24)/t12-,13+,15-,16+/m0/s1. The molecule has 1 aliphatic heterocycles. The molecule has 1 aromatic heterocycles. The molecule has 0 bridgehead atoms. The monoisotopic (exact) mass is 394 g/mol. The Morgan fingerprint density at radius 2 is 2.15 bits per heavy atom. The Balaban J connectivity index is 2.18. The van der Waals surface area contributed by atoms with Crippen molar-refractivity contribution in [3.63, 3.8) is 0 Å². The number of nitrogen functional groups attached to an aromatic ring is 1. The highest BCUT2D eigenvalue weighted by Gasteiger charge is 2.48. The van der Waals surface area contributed by atoms with Crippen molar-refractivity contribution in [1.82, 2.24) is 9.55 Å². The summed E-state index contributed by atoms with van der Waals surface area (Å²) in [5.41, 5.74) is 4.89. The van der Waals surface area contributed by atoms with Crippen LogP contribution in [0, 0.1) is 23.2 Å². The Hall–Kier alpha value is -1.73. The third kappa shape index (κ3) is 4.09. The van der Waals surface area contributed by atoms with E-state index in [0.717, 1.165) is 0 Å². The maximum absolute atomic E-state index is 12.1. The fourth-order valence-corrected chi connectivity index (χ4v) is 5.40. The number of nitrogens with two attached hydrogens (primary N) is 1. The molecule has 9 heteroatoms. The molecule has 1 aliphatic rings. The van der Waals surface area contributed by atoms with E-state index >= 15 is 0 Å². The van der Waals surface area contributed by atoms with Crippen LogP contribution >= 0.6 is 0 Å². The van der Waals surface area contributed by atoms with Crippen LogP contribution in [0.15, 0.2) is 17.1 Å². The maximum Gasteiger partial charge on any atom is 0.351 e. The van der Waals surface area contributed by atoms with Crippen molar-refractivity contribution in [1.29, 1.82) is 5.26 Å². The van der Waals surface area contributed by atoms with Gasteiger partial charge in [0.25, 0.3) is 0 Å². The number of nitrogens with zero attached hydrogens (tertiary/aromatic N) is 3. The molecule has 150 valence electrons. The first-order valence-corrected chi connectivity index (χ1v) is 12.0. The number of anilines is 1. The van der Waals surface area contributed by atoms with E-state index in [2.05, 4.69) is 45.8 Å². The second-order valence-corrected chi connectivity index (χ2v) is 13.0. The van der Waals surface area contributed by atoms with E-state index in [1.54, 1.807) is 0 Å². The fourth-order valence-electron chi connectivity index (χ4n) is 3.05. The van der Waals surface area contributed by atoms with E-state index in [0.29, 0.717) is 5.92 Å². The summed E-state index contributed by atoms with van der Waals surface area (Å²) in [4.78, 5) is 15.8. The highest BCUT2D eigenvalue weighted by Crippen LogP contribution is 2.45. The van der Waals surface area contributed by atoms with E-state index in [-0.39, 0.29) is 17.5 Å². The average molecular weight is 395 g/mol. The Labute approximate surface area is 161 Å². The molecule has 0 aromatic carbocycles. The van der Waals surface area contributed by atoms with Crippen LogP contribution < -0.4 is 11.4 Å². The number of rotatable bonds is 6. The number of ether oxygens (including phenoxy) is 1. The van der Waals surface area contributed by atoms with Crippen molar-refractivity contribution < 1.29 is 14.3 Å². The van der Waals surface area contributed by atoms with Gasteiger partial charge in [-0.2, -0.15) is 10.2 Å². The van der Waals surface area contributed by atoms with Gasteiger partial charge in [-0.15, -0.1) is 0 Å². The quantitative estimate of drug-likeness (QED) is 0.706. The van der Waals surface area contributed by atoms with Crippen LogP contribution in [-0.2, 0) is 9.16 Å². The Morgan fingerprint density at radius 1 is 1.52 bits per heavy atom. The van der Waals surface area contributed by atoms with Crippen molar-refractivity contribution in [3.8, 4) is 6.07 Å². The summed E-state index contributed by atoms with van der Waals surface area (Å²) >= 11 is 0. The SMILES string of the molecule is CC(C)C(C)(C)[Si](C)(C)OC[C@H]1O[C@@H](n2ccc(N)nc2=O)[C@@H](C#N)[C@@H]1O. The van der Waals surface area contributed by atoms with Crippen LogP contribution in [0.3, 0.4) is 0 Å². The van der Waals surface area contributed by atoms with Crippen LogP contribution in [0.4, 0.5) is 5.82 Å². The molecule has 3 N–H and O–H groups in total. The molecule has 1 saturated heterocycles. The molecular weight excluding hydrogens is 364 g/mol. The summed E-state index contributed by atoms with van der Waals surface area (Å²) in [6, 6.07) is 3.50. The summed E-state index contributed by atoms with van der Waals surface area (Å²) in [6.45, 7) is 13.2. The Morgan fingerprint density at radius 3 is 2.67 bits per heavy atom. The largest absolute Gasteiger partial charge is 0.414 e. The van der Waals surface area contributed by atoms with Crippen LogP contribution in [0.1, 0.15) is 33.9 Å². The molecule has 1 fully saturated rings.